The first kappa shape index (κ1) is 30.9. The van der Waals surface area contributed by atoms with Crippen LogP contribution >= 0.6 is 11.6 Å². The van der Waals surface area contributed by atoms with Crippen LogP contribution in [0.15, 0.2) is 60.7 Å². The summed E-state index contributed by atoms with van der Waals surface area (Å²) in [7, 11) is 1.62. The van der Waals surface area contributed by atoms with Crippen LogP contribution in [-0.4, -0.2) is 49.1 Å². The van der Waals surface area contributed by atoms with Crippen LogP contribution in [0.4, 0.5) is 5.69 Å². The number of hydrogen-bond donors (Lipinski definition) is 1. The number of ether oxygens (including phenoxy) is 2. The van der Waals surface area contributed by atoms with E-state index in [-0.39, 0.29) is 42.5 Å². The normalized spacial score (nSPS) is 19.8. The lowest BCUT2D eigenvalue weighted by Gasteiger charge is -2.39. The van der Waals surface area contributed by atoms with Gasteiger partial charge in [-0.05, 0) is 98.3 Å². The molecule has 2 aliphatic heterocycles. The van der Waals surface area contributed by atoms with E-state index in [0.717, 1.165) is 60.3 Å². The SMILES string of the molecule is CC[C@@H](C)Oc1cc2c(cc1OC)CC(=O)N(c1ccc([C@H](C)N(C(C)=O)C3CCCNC3)cc1)C2c1ccc(Cl)cc1. The van der Waals surface area contributed by atoms with Crippen molar-refractivity contribution < 1.29 is 19.1 Å². The number of nitrogens with one attached hydrogen (secondary N) is 1. The summed E-state index contributed by atoms with van der Waals surface area (Å²) in [6, 6.07) is 19.4. The zero-order chi connectivity index (χ0) is 30.7. The van der Waals surface area contributed by atoms with Gasteiger partial charge in [0.05, 0.1) is 31.7 Å². The summed E-state index contributed by atoms with van der Waals surface area (Å²) in [4.78, 5) is 30.5. The Morgan fingerprint density at radius 3 is 2.42 bits per heavy atom. The number of carbonyl (C=O) groups excluding carboxylic acids is 2. The minimum Gasteiger partial charge on any atom is -0.493 e. The van der Waals surface area contributed by atoms with E-state index in [9.17, 15) is 9.59 Å². The molecule has 2 unspecified atom stereocenters. The highest BCUT2D eigenvalue weighted by molar-refractivity contribution is 6.30. The predicted molar refractivity (Wildman–Crippen MR) is 171 cm³/mol. The van der Waals surface area contributed by atoms with Crippen molar-refractivity contribution in [2.24, 2.45) is 0 Å². The Balaban J connectivity index is 1.54. The first-order valence-electron chi connectivity index (χ1n) is 15.3. The van der Waals surface area contributed by atoms with Crippen LogP contribution in [0.3, 0.4) is 0 Å². The van der Waals surface area contributed by atoms with Crippen LogP contribution in [-0.2, 0) is 16.0 Å². The first-order chi connectivity index (χ1) is 20.7. The molecule has 0 saturated carbocycles. The lowest BCUT2D eigenvalue weighted by atomic mass is 9.86. The quantitative estimate of drug-likeness (QED) is 0.289. The molecule has 8 heteroatoms. The van der Waals surface area contributed by atoms with Crippen LogP contribution < -0.4 is 19.7 Å². The summed E-state index contributed by atoms with van der Waals surface area (Å²) < 4.78 is 11.9. The van der Waals surface area contributed by atoms with Crippen molar-refractivity contribution in [1.29, 1.82) is 0 Å². The van der Waals surface area contributed by atoms with Crippen molar-refractivity contribution in [3.63, 3.8) is 0 Å². The molecule has 43 heavy (non-hydrogen) atoms. The number of piperidine rings is 1. The zero-order valence-electron chi connectivity index (χ0n) is 25.7. The van der Waals surface area contributed by atoms with Gasteiger partial charge in [-0.15, -0.1) is 0 Å². The van der Waals surface area contributed by atoms with E-state index in [1.165, 1.54) is 0 Å². The Kier molecular flexibility index (Phi) is 9.62. The fraction of sp³-hybridized carbons (Fsp3) is 0.429. The monoisotopic (exact) mass is 603 g/mol. The molecule has 228 valence electrons. The smallest absolute Gasteiger partial charge is 0.232 e. The van der Waals surface area contributed by atoms with E-state index in [4.69, 9.17) is 21.1 Å². The second-order valence-electron chi connectivity index (χ2n) is 11.6. The van der Waals surface area contributed by atoms with Crippen LogP contribution in [0.2, 0.25) is 5.02 Å². The zero-order valence-corrected chi connectivity index (χ0v) is 26.5. The number of methoxy groups -OCH3 is 1. The van der Waals surface area contributed by atoms with Gasteiger partial charge < -0.3 is 24.6 Å². The van der Waals surface area contributed by atoms with Crippen LogP contribution in [0.25, 0.3) is 0 Å². The number of carbonyl (C=O) groups is 2. The van der Waals surface area contributed by atoms with Crippen molar-refractivity contribution in [3.8, 4) is 11.5 Å². The molecule has 0 aromatic heterocycles. The molecule has 4 atom stereocenters. The number of halogens is 1. The highest BCUT2D eigenvalue weighted by Crippen LogP contribution is 2.44. The van der Waals surface area contributed by atoms with Crippen molar-refractivity contribution >= 4 is 29.1 Å². The summed E-state index contributed by atoms with van der Waals surface area (Å²) in [5, 5.41) is 4.06. The van der Waals surface area contributed by atoms with E-state index in [0.29, 0.717) is 16.5 Å². The average molecular weight is 604 g/mol. The molecule has 5 rings (SSSR count). The Morgan fingerprint density at radius 2 is 1.81 bits per heavy atom. The molecule has 2 heterocycles. The number of amides is 2. The van der Waals surface area contributed by atoms with Crippen LogP contribution in [0.5, 0.6) is 11.5 Å². The van der Waals surface area contributed by atoms with Gasteiger partial charge in [0.2, 0.25) is 11.8 Å². The lowest BCUT2D eigenvalue weighted by molar-refractivity contribution is -0.134. The third kappa shape index (κ3) is 6.53. The number of fused-ring (bicyclic) bond motifs is 1. The van der Waals surface area contributed by atoms with Crippen LogP contribution in [0.1, 0.15) is 81.3 Å². The highest BCUT2D eigenvalue weighted by atomic mass is 35.5. The first-order valence-corrected chi connectivity index (χ1v) is 15.6. The van der Waals surface area contributed by atoms with E-state index in [1.807, 2.05) is 77.4 Å². The molecule has 0 bridgehead atoms. The lowest BCUT2D eigenvalue weighted by Crippen LogP contribution is -2.49. The van der Waals surface area contributed by atoms with Crippen LogP contribution in [0, 0.1) is 0 Å². The molecular formula is C35H42ClN3O4. The molecule has 1 fully saturated rings. The van der Waals surface area contributed by atoms with Crippen molar-refractivity contribution in [3.05, 3.63) is 87.9 Å². The largest absolute Gasteiger partial charge is 0.493 e. The van der Waals surface area contributed by atoms with Gasteiger partial charge in [-0.1, -0.05) is 42.8 Å². The number of hydrogen-bond acceptors (Lipinski definition) is 5. The molecule has 0 radical (unpaired) electrons. The van der Waals surface area contributed by atoms with Gasteiger partial charge >= 0.3 is 0 Å². The Bertz CT molecular complexity index is 1440. The minimum absolute atomic E-state index is 0.00969. The molecule has 1 N–H and O–H groups in total. The summed E-state index contributed by atoms with van der Waals surface area (Å²) >= 11 is 6.27. The third-order valence-corrected chi connectivity index (χ3v) is 9.03. The second kappa shape index (κ2) is 13.4. The maximum absolute atomic E-state index is 13.9. The van der Waals surface area contributed by atoms with Crippen molar-refractivity contribution in [1.82, 2.24) is 10.2 Å². The van der Waals surface area contributed by atoms with Crippen molar-refractivity contribution in [2.75, 3.05) is 25.1 Å². The number of benzene rings is 3. The predicted octanol–water partition coefficient (Wildman–Crippen LogP) is 6.87. The summed E-state index contributed by atoms with van der Waals surface area (Å²) in [5.74, 6) is 1.34. The van der Waals surface area contributed by atoms with Gasteiger partial charge in [-0.3, -0.25) is 9.59 Å². The maximum atomic E-state index is 13.9. The second-order valence-corrected chi connectivity index (χ2v) is 12.1. The van der Waals surface area contributed by atoms with Gasteiger partial charge in [0.15, 0.2) is 11.5 Å². The molecular weight excluding hydrogens is 562 g/mol. The molecule has 0 aliphatic carbocycles. The van der Waals surface area contributed by atoms with E-state index in [1.54, 1.807) is 14.0 Å². The molecule has 0 spiro atoms. The molecule has 2 aliphatic rings. The molecule has 7 nitrogen and oxygen atoms in total. The fourth-order valence-corrected chi connectivity index (χ4v) is 6.49. The highest BCUT2D eigenvalue weighted by Gasteiger charge is 2.36. The number of rotatable bonds is 9. The number of nitrogens with zero attached hydrogens (tertiary/aromatic N) is 2. The van der Waals surface area contributed by atoms with Gasteiger partial charge in [-0.2, -0.15) is 0 Å². The molecule has 3 aromatic carbocycles. The minimum atomic E-state index is -0.385. The van der Waals surface area contributed by atoms with Gasteiger partial charge in [0.25, 0.3) is 0 Å². The Labute approximate surface area is 260 Å². The average Bonchev–Trinajstić information content (AvgIpc) is 3.01. The Morgan fingerprint density at radius 1 is 1.09 bits per heavy atom. The molecule has 3 aromatic rings. The van der Waals surface area contributed by atoms with Gasteiger partial charge in [0.1, 0.15) is 0 Å². The van der Waals surface area contributed by atoms with Crippen molar-refractivity contribution in [2.45, 2.75) is 77.6 Å². The summed E-state index contributed by atoms with van der Waals surface area (Å²) in [6.45, 7) is 9.64. The van der Waals surface area contributed by atoms with E-state index in [2.05, 4.69) is 19.2 Å². The third-order valence-electron chi connectivity index (χ3n) is 8.78. The summed E-state index contributed by atoms with van der Waals surface area (Å²) in [5.41, 5.74) is 4.68. The maximum Gasteiger partial charge on any atom is 0.232 e. The van der Waals surface area contributed by atoms with Gasteiger partial charge in [0, 0.05) is 30.2 Å². The molecule has 1 saturated heterocycles. The topological polar surface area (TPSA) is 71.1 Å². The van der Waals surface area contributed by atoms with E-state index >= 15 is 0 Å². The Hall–Kier alpha value is -3.55. The standard InChI is InChI=1S/C35H42ClN3O4/c1-6-22(2)43-33-20-31-27(18-32(33)42-5)19-34(41)39(35(31)26-9-13-28(36)14-10-26)29-15-11-25(12-16-29)23(3)38(24(4)40)30-8-7-17-37-21-30/h9-16,18,20,22-23,30,35,37H,6-8,17,19,21H2,1-5H3/t22-,23+,30?,35?/m1/s1. The fourth-order valence-electron chi connectivity index (χ4n) is 6.37. The van der Waals surface area contributed by atoms with E-state index < -0.39 is 0 Å². The van der Waals surface area contributed by atoms with Gasteiger partial charge in [-0.25, -0.2) is 0 Å². The molecule has 2 amide bonds. The summed E-state index contributed by atoms with van der Waals surface area (Å²) in [6.07, 6.45) is 3.16. The number of anilines is 1.